The average molecular weight is 342 g/mol. The van der Waals surface area contributed by atoms with E-state index in [2.05, 4.69) is 15.3 Å². The normalized spacial score (nSPS) is 18.6. The van der Waals surface area contributed by atoms with E-state index in [1.165, 1.54) is 6.33 Å². The predicted molar refractivity (Wildman–Crippen MR) is 90.5 cm³/mol. The Morgan fingerprint density at radius 1 is 1.48 bits per heavy atom. The van der Waals surface area contributed by atoms with Gasteiger partial charge in [-0.1, -0.05) is 11.6 Å². The molecule has 0 unspecified atom stereocenters. The quantitative estimate of drug-likeness (QED) is 0.821. The number of piperidine rings is 1. The molecule has 1 amide bonds. The molecule has 0 aliphatic carbocycles. The highest BCUT2D eigenvalue weighted by Gasteiger charge is 2.30. The number of halogens is 1. The molecule has 8 heteroatoms. The Morgan fingerprint density at radius 3 is 2.91 bits per heavy atom. The summed E-state index contributed by atoms with van der Waals surface area (Å²) in [7, 11) is 0. The molecular formula is C15H24ClN5O2. The molecule has 1 aliphatic heterocycles. The molecule has 0 radical (unpaired) electrons. The van der Waals surface area contributed by atoms with E-state index in [4.69, 9.17) is 22.1 Å². The molecule has 2 rings (SSSR count). The van der Waals surface area contributed by atoms with Crippen LogP contribution in [0.5, 0.6) is 0 Å². The van der Waals surface area contributed by atoms with E-state index in [9.17, 15) is 4.79 Å². The van der Waals surface area contributed by atoms with Crippen LogP contribution < -0.4 is 11.1 Å². The molecular weight excluding hydrogens is 318 g/mol. The molecule has 0 saturated carbocycles. The van der Waals surface area contributed by atoms with Gasteiger partial charge in [-0.15, -0.1) is 0 Å². The van der Waals surface area contributed by atoms with Gasteiger partial charge in [0.1, 0.15) is 17.6 Å². The second-order valence-electron chi connectivity index (χ2n) is 6.63. The summed E-state index contributed by atoms with van der Waals surface area (Å²) in [4.78, 5) is 22.0. The lowest BCUT2D eigenvalue weighted by atomic mass is 10.0. The number of rotatable bonds is 3. The number of nitrogen functional groups attached to an aromatic ring is 1. The maximum absolute atomic E-state index is 12.4. The molecule has 7 nitrogen and oxygen atoms in total. The van der Waals surface area contributed by atoms with Crippen LogP contribution in [-0.2, 0) is 4.74 Å². The minimum atomic E-state index is -0.503. The summed E-state index contributed by atoms with van der Waals surface area (Å²) in [6.45, 7) is 6.83. The first-order chi connectivity index (χ1) is 10.8. The minimum Gasteiger partial charge on any atom is -0.444 e. The van der Waals surface area contributed by atoms with E-state index < -0.39 is 5.60 Å². The number of hydrogen-bond donors (Lipinski definition) is 2. The van der Waals surface area contributed by atoms with Gasteiger partial charge in [-0.25, -0.2) is 14.8 Å². The van der Waals surface area contributed by atoms with E-state index in [-0.39, 0.29) is 17.3 Å². The van der Waals surface area contributed by atoms with Crippen LogP contribution in [0.2, 0.25) is 5.15 Å². The van der Waals surface area contributed by atoms with Gasteiger partial charge in [-0.3, -0.25) is 0 Å². The Morgan fingerprint density at radius 2 is 2.22 bits per heavy atom. The Kier molecular flexibility index (Phi) is 5.51. The number of nitrogens with one attached hydrogen (secondary N) is 1. The molecule has 2 heterocycles. The van der Waals surface area contributed by atoms with Crippen molar-refractivity contribution in [3.63, 3.8) is 0 Å². The average Bonchev–Trinajstić information content (AvgIpc) is 2.47. The summed E-state index contributed by atoms with van der Waals surface area (Å²) < 4.78 is 5.49. The van der Waals surface area contributed by atoms with Crippen molar-refractivity contribution >= 4 is 29.2 Å². The molecule has 1 atom stereocenters. The fourth-order valence-corrected chi connectivity index (χ4v) is 2.64. The Balaban J connectivity index is 2.01. The molecule has 128 valence electrons. The molecule has 1 aromatic heterocycles. The Labute approximate surface area is 141 Å². The van der Waals surface area contributed by atoms with Gasteiger partial charge in [0.2, 0.25) is 0 Å². The van der Waals surface area contributed by atoms with Gasteiger partial charge in [-0.2, -0.15) is 0 Å². The largest absolute Gasteiger partial charge is 0.444 e. The molecule has 1 fully saturated rings. The highest BCUT2D eigenvalue weighted by molar-refractivity contribution is 6.32. The number of aromatic nitrogens is 2. The van der Waals surface area contributed by atoms with Crippen molar-refractivity contribution in [2.45, 2.75) is 51.7 Å². The molecule has 0 bridgehead atoms. The number of likely N-dealkylation sites (tertiary alicyclic amines) is 1. The first-order valence-corrected chi connectivity index (χ1v) is 8.15. The number of nitrogens with zero attached hydrogens (tertiary/aromatic N) is 3. The summed E-state index contributed by atoms with van der Waals surface area (Å²) in [5.74, 6) is 0.486. The second kappa shape index (κ2) is 7.21. The van der Waals surface area contributed by atoms with Crippen molar-refractivity contribution in [1.82, 2.24) is 14.9 Å². The van der Waals surface area contributed by atoms with Crippen LogP contribution in [0.4, 0.5) is 16.3 Å². The third kappa shape index (κ3) is 4.86. The zero-order valence-electron chi connectivity index (χ0n) is 13.8. The molecule has 0 spiro atoms. The molecule has 1 saturated heterocycles. The highest BCUT2D eigenvalue weighted by atomic mass is 35.5. The fraction of sp³-hybridized carbons (Fsp3) is 0.667. The van der Waals surface area contributed by atoms with Crippen LogP contribution in [0, 0.1) is 0 Å². The SMILES string of the molecule is CC(C)(C)OC(=O)N1CCCC[C@@H]1CNc1ncnc(Cl)c1N. The summed E-state index contributed by atoms with van der Waals surface area (Å²) >= 11 is 5.89. The van der Waals surface area contributed by atoms with Crippen molar-refractivity contribution in [3.05, 3.63) is 11.5 Å². The number of carbonyl (C=O) groups is 1. The van der Waals surface area contributed by atoms with E-state index in [1.54, 1.807) is 4.90 Å². The monoisotopic (exact) mass is 341 g/mol. The fourth-order valence-electron chi connectivity index (χ4n) is 2.50. The lowest BCUT2D eigenvalue weighted by molar-refractivity contribution is 0.0114. The first-order valence-electron chi connectivity index (χ1n) is 7.77. The molecule has 1 aromatic rings. The molecule has 23 heavy (non-hydrogen) atoms. The van der Waals surface area contributed by atoms with Gasteiger partial charge in [0.05, 0.1) is 6.04 Å². The van der Waals surface area contributed by atoms with E-state index >= 15 is 0 Å². The number of hydrogen-bond acceptors (Lipinski definition) is 6. The number of amides is 1. The number of carbonyl (C=O) groups excluding carboxylic acids is 1. The topological polar surface area (TPSA) is 93.4 Å². The molecule has 1 aliphatic rings. The Bertz CT molecular complexity index is 561. The third-order valence-corrected chi connectivity index (χ3v) is 3.90. The minimum absolute atomic E-state index is 0.0340. The highest BCUT2D eigenvalue weighted by Crippen LogP contribution is 2.24. The zero-order valence-corrected chi connectivity index (χ0v) is 14.6. The van der Waals surface area contributed by atoms with Crippen molar-refractivity contribution in [2.24, 2.45) is 0 Å². The van der Waals surface area contributed by atoms with E-state index in [1.807, 2.05) is 20.8 Å². The van der Waals surface area contributed by atoms with Crippen molar-refractivity contribution in [1.29, 1.82) is 0 Å². The standard InChI is InChI=1S/C15H24ClN5O2/c1-15(2,3)23-14(22)21-7-5-4-6-10(21)8-18-13-11(17)12(16)19-9-20-13/h9-10H,4-8,17H2,1-3H3,(H,18,19,20)/t10-/m1/s1. The second-order valence-corrected chi connectivity index (χ2v) is 6.99. The van der Waals surface area contributed by atoms with Crippen LogP contribution >= 0.6 is 11.6 Å². The third-order valence-electron chi connectivity index (χ3n) is 3.60. The smallest absolute Gasteiger partial charge is 0.410 e. The first kappa shape index (κ1) is 17.6. The van der Waals surface area contributed by atoms with Gasteiger partial charge in [-0.05, 0) is 40.0 Å². The maximum Gasteiger partial charge on any atom is 0.410 e. The lowest BCUT2D eigenvalue weighted by Gasteiger charge is -2.37. The molecule has 3 N–H and O–H groups in total. The van der Waals surface area contributed by atoms with Gasteiger partial charge >= 0.3 is 6.09 Å². The van der Waals surface area contributed by atoms with Gasteiger partial charge < -0.3 is 20.7 Å². The van der Waals surface area contributed by atoms with Crippen LogP contribution in [0.15, 0.2) is 6.33 Å². The van der Waals surface area contributed by atoms with Gasteiger partial charge in [0.25, 0.3) is 0 Å². The lowest BCUT2D eigenvalue weighted by Crippen LogP contribution is -2.49. The van der Waals surface area contributed by atoms with Crippen molar-refractivity contribution in [3.8, 4) is 0 Å². The van der Waals surface area contributed by atoms with Crippen molar-refractivity contribution in [2.75, 3.05) is 24.1 Å². The predicted octanol–water partition coefficient (Wildman–Crippen LogP) is 2.91. The number of ether oxygens (including phenoxy) is 1. The van der Waals surface area contributed by atoms with Crippen LogP contribution in [0.1, 0.15) is 40.0 Å². The summed E-state index contributed by atoms with van der Waals surface area (Å²) in [5.41, 5.74) is 5.66. The van der Waals surface area contributed by atoms with Gasteiger partial charge in [0.15, 0.2) is 11.0 Å². The zero-order chi connectivity index (χ0) is 17.0. The van der Waals surface area contributed by atoms with E-state index in [0.717, 1.165) is 19.3 Å². The number of nitrogens with two attached hydrogens (primary N) is 1. The summed E-state index contributed by atoms with van der Waals surface area (Å²) in [6.07, 6.45) is 4.04. The molecule has 0 aromatic carbocycles. The summed E-state index contributed by atoms with van der Waals surface area (Å²) in [6, 6.07) is 0.0340. The van der Waals surface area contributed by atoms with Crippen molar-refractivity contribution < 1.29 is 9.53 Å². The van der Waals surface area contributed by atoms with Gasteiger partial charge in [0, 0.05) is 13.1 Å². The van der Waals surface area contributed by atoms with E-state index in [0.29, 0.717) is 24.6 Å². The van der Waals surface area contributed by atoms with Crippen LogP contribution in [0.3, 0.4) is 0 Å². The number of anilines is 2. The Hall–Kier alpha value is -1.76. The van der Waals surface area contributed by atoms with Crippen LogP contribution in [0.25, 0.3) is 0 Å². The van der Waals surface area contributed by atoms with Crippen LogP contribution in [-0.4, -0.2) is 45.7 Å². The summed E-state index contributed by atoms with van der Waals surface area (Å²) in [5, 5.41) is 3.38. The maximum atomic E-state index is 12.4.